The van der Waals surface area contributed by atoms with Crippen LogP contribution in [0.3, 0.4) is 0 Å². The fourth-order valence-corrected chi connectivity index (χ4v) is 4.00. The monoisotopic (exact) mass is 356 g/mol. The van der Waals surface area contributed by atoms with Crippen LogP contribution >= 0.6 is 15.9 Å². The van der Waals surface area contributed by atoms with E-state index in [1.807, 2.05) is 0 Å². The van der Waals surface area contributed by atoms with Gasteiger partial charge in [-0.3, -0.25) is 4.79 Å². The van der Waals surface area contributed by atoms with Gasteiger partial charge in [-0.05, 0) is 48.2 Å². The minimum Gasteiger partial charge on any atom is -0.394 e. The number of aliphatic hydroxyl groups is 1. The number of nitrogens with zero attached hydrogens (tertiary/aromatic N) is 3. The average Bonchev–Trinajstić information content (AvgIpc) is 3.14. The Morgan fingerprint density at radius 1 is 1.43 bits per heavy atom. The van der Waals surface area contributed by atoms with Gasteiger partial charge in [-0.25, -0.2) is 4.68 Å². The average molecular weight is 357 g/mol. The van der Waals surface area contributed by atoms with Crippen molar-refractivity contribution in [2.75, 3.05) is 24.6 Å². The zero-order chi connectivity index (χ0) is 14.8. The highest BCUT2D eigenvalue weighted by Crippen LogP contribution is 2.32. The van der Waals surface area contributed by atoms with Crippen LogP contribution < -0.4 is 15.8 Å². The number of nitrogens with one attached hydrogen (secondary N) is 1. The van der Waals surface area contributed by atoms with Gasteiger partial charge in [-0.1, -0.05) is 0 Å². The molecular formula is C14H21BrN4O2. The third-order valence-electron chi connectivity index (χ3n) is 4.45. The quantitative estimate of drug-likeness (QED) is 0.831. The van der Waals surface area contributed by atoms with Crippen molar-refractivity contribution in [1.29, 1.82) is 0 Å². The minimum absolute atomic E-state index is 0.0863. The molecule has 2 aliphatic rings. The molecule has 2 saturated heterocycles. The van der Waals surface area contributed by atoms with Crippen molar-refractivity contribution in [3.63, 3.8) is 0 Å². The van der Waals surface area contributed by atoms with Crippen molar-refractivity contribution in [2.45, 2.75) is 44.3 Å². The van der Waals surface area contributed by atoms with E-state index in [0.29, 0.717) is 16.6 Å². The summed E-state index contributed by atoms with van der Waals surface area (Å²) in [5.41, 5.74) is 0.706. The fourth-order valence-electron chi connectivity index (χ4n) is 3.46. The lowest BCUT2D eigenvalue weighted by Crippen LogP contribution is -2.44. The lowest BCUT2D eigenvalue weighted by atomic mass is 10.0. The SMILES string of the molecule is O=c1c(Br)c(N2CCCC2C2CCCN2)cnn1CCO. The van der Waals surface area contributed by atoms with Crippen LogP contribution in [-0.2, 0) is 6.54 Å². The van der Waals surface area contributed by atoms with Gasteiger partial charge < -0.3 is 15.3 Å². The minimum atomic E-state index is -0.174. The van der Waals surface area contributed by atoms with Gasteiger partial charge in [0.25, 0.3) is 5.56 Å². The first-order valence-corrected chi connectivity index (χ1v) is 8.38. The summed E-state index contributed by atoms with van der Waals surface area (Å²) in [5, 5.41) is 16.7. The number of rotatable bonds is 4. The predicted molar refractivity (Wildman–Crippen MR) is 84.7 cm³/mol. The second-order valence-electron chi connectivity index (χ2n) is 5.70. The third kappa shape index (κ3) is 2.86. The summed E-state index contributed by atoms with van der Waals surface area (Å²) in [6, 6.07) is 0.956. The van der Waals surface area contributed by atoms with E-state index in [2.05, 4.69) is 31.2 Å². The molecule has 2 N–H and O–H groups in total. The van der Waals surface area contributed by atoms with Gasteiger partial charge in [0.1, 0.15) is 4.47 Å². The van der Waals surface area contributed by atoms with E-state index in [1.165, 1.54) is 17.5 Å². The van der Waals surface area contributed by atoms with Crippen molar-refractivity contribution in [3.05, 3.63) is 21.0 Å². The van der Waals surface area contributed by atoms with Crippen molar-refractivity contribution in [3.8, 4) is 0 Å². The smallest absolute Gasteiger partial charge is 0.283 e. The van der Waals surface area contributed by atoms with Gasteiger partial charge in [-0.2, -0.15) is 5.10 Å². The van der Waals surface area contributed by atoms with Gasteiger partial charge in [-0.15, -0.1) is 0 Å². The molecule has 3 rings (SSSR count). The Bertz CT molecular complexity index is 556. The Morgan fingerprint density at radius 2 is 2.29 bits per heavy atom. The maximum absolute atomic E-state index is 12.3. The van der Waals surface area contributed by atoms with Crippen LogP contribution in [-0.4, -0.2) is 46.7 Å². The van der Waals surface area contributed by atoms with E-state index in [4.69, 9.17) is 5.11 Å². The van der Waals surface area contributed by atoms with E-state index in [0.717, 1.165) is 31.6 Å². The molecule has 0 amide bonds. The second-order valence-corrected chi connectivity index (χ2v) is 6.49. The van der Waals surface area contributed by atoms with Crippen LogP contribution in [0, 0.1) is 0 Å². The molecule has 6 nitrogen and oxygen atoms in total. The Balaban J connectivity index is 1.88. The van der Waals surface area contributed by atoms with E-state index in [9.17, 15) is 4.79 Å². The number of aromatic nitrogens is 2. The Labute approximate surface area is 132 Å². The molecule has 2 atom stereocenters. The van der Waals surface area contributed by atoms with Crippen LogP contribution in [0.4, 0.5) is 5.69 Å². The zero-order valence-corrected chi connectivity index (χ0v) is 13.5. The lowest BCUT2D eigenvalue weighted by Gasteiger charge is -2.31. The molecule has 7 heteroatoms. The maximum Gasteiger partial charge on any atom is 0.283 e. The van der Waals surface area contributed by atoms with Crippen LogP contribution in [0.2, 0.25) is 0 Å². The van der Waals surface area contributed by atoms with Crippen molar-refractivity contribution >= 4 is 21.6 Å². The molecule has 21 heavy (non-hydrogen) atoms. The third-order valence-corrected chi connectivity index (χ3v) is 5.20. The highest BCUT2D eigenvalue weighted by Gasteiger charge is 2.34. The molecule has 0 spiro atoms. The van der Waals surface area contributed by atoms with E-state index >= 15 is 0 Å². The van der Waals surface area contributed by atoms with Crippen molar-refractivity contribution in [1.82, 2.24) is 15.1 Å². The van der Waals surface area contributed by atoms with Crippen LogP contribution in [0.25, 0.3) is 0 Å². The lowest BCUT2D eigenvalue weighted by molar-refractivity contribution is 0.266. The maximum atomic E-state index is 12.3. The van der Waals surface area contributed by atoms with Crippen LogP contribution in [0.1, 0.15) is 25.7 Å². The molecule has 0 radical (unpaired) electrons. The molecule has 0 saturated carbocycles. The van der Waals surface area contributed by atoms with Crippen LogP contribution in [0.15, 0.2) is 15.5 Å². The van der Waals surface area contributed by atoms with E-state index in [-0.39, 0.29) is 18.7 Å². The molecule has 0 bridgehead atoms. The predicted octanol–water partition coefficient (Wildman–Crippen LogP) is 0.719. The van der Waals surface area contributed by atoms with E-state index < -0.39 is 0 Å². The molecule has 1 aromatic heterocycles. The number of hydrogen-bond donors (Lipinski definition) is 2. The first kappa shape index (κ1) is 15.0. The van der Waals surface area contributed by atoms with Crippen LogP contribution in [0.5, 0.6) is 0 Å². The summed E-state index contributed by atoms with van der Waals surface area (Å²) in [4.78, 5) is 14.6. The Kier molecular flexibility index (Phi) is 4.61. The summed E-state index contributed by atoms with van der Waals surface area (Å²) >= 11 is 3.43. The molecule has 2 unspecified atom stereocenters. The number of hydrogen-bond acceptors (Lipinski definition) is 5. The standard InChI is InChI=1S/C14H21BrN4O2/c15-13-12(9-17-19(7-8-20)14(13)21)18-6-2-4-11(18)10-3-1-5-16-10/h9-11,16,20H,1-8H2. The summed E-state index contributed by atoms with van der Waals surface area (Å²) in [6.45, 7) is 2.20. The molecular weight excluding hydrogens is 336 g/mol. The number of aliphatic hydroxyl groups excluding tert-OH is 1. The number of anilines is 1. The van der Waals surface area contributed by atoms with Gasteiger partial charge in [0.05, 0.1) is 25.0 Å². The first-order valence-electron chi connectivity index (χ1n) is 7.59. The molecule has 3 heterocycles. The summed E-state index contributed by atoms with van der Waals surface area (Å²) in [6.07, 6.45) is 6.48. The summed E-state index contributed by atoms with van der Waals surface area (Å²) in [5.74, 6) is 0. The molecule has 0 aliphatic carbocycles. The van der Waals surface area contributed by atoms with Gasteiger partial charge in [0.2, 0.25) is 0 Å². The summed E-state index contributed by atoms with van der Waals surface area (Å²) < 4.78 is 1.85. The summed E-state index contributed by atoms with van der Waals surface area (Å²) in [7, 11) is 0. The molecule has 2 aliphatic heterocycles. The Morgan fingerprint density at radius 3 is 3.00 bits per heavy atom. The highest BCUT2D eigenvalue weighted by atomic mass is 79.9. The topological polar surface area (TPSA) is 70.4 Å². The highest BCUT2D eigenvalue weighted by molar-refractivity contribution is 9.10. The normalized spacial score (nSPS) is 25.7. The number of halogens is 1. The molecule has 2 fully saturated rings. The van der Waals surface area contributed by atoms with Crippen molar-refractivity contribution < 1.29 is 5.11 Å². The van der Waals surface area contributed by atoms with Gasteiger partial charge in [0.15, 0.2) is 0 Å². The largest absolute Gasteiger partial charge is 0.394 e. The molecule has 116 valence electrons. The molecule has 0 aromatic carbocycles. The first-order chi connectivity index (χ1) is 10.2. The van der Waals surface area contributed by atoms with E-state index in [1.54, 1.807) is 6.20 Å². The zero-order valence-electron chi connectivity index (χ0n) is 12.0. The van der Waals surface area contributed by atoms with Gasteiger partial charge >= 0.3 is 0 Å². The fraction of sp³-hybridized carbons (Fsp3) is 0.714. The second kappa shape index (κ2) is 6.46. The van der Waals surface area contributed by atoms with Gasteiger partial charge in [0, 0.05) is 18.6 Å². The van der Waals surface area contributed by atoms with Crippen molar-refractivity contribution in [2.24, 2.45) is 0 Å². The Hall–Kier alpha value is -0.920. The molecule has 1 aromatic rings.